The summed E-state index contributed by atoms with van der Waals surface area (Å²) in [5, 5.41) is 18.5. The van der Waals surface area contributed by atoms with E-state index < -0.39 is 18.1 Å². The number of nitrogens with one attached hydrogen (secondary N) is 2. The number of carboxylic acid groups (broad SMARTS) is 1. The van der Waals surface area contributed by atoms with Crippen LogP contribution in [0.3, 0.4) is 0 Å². The van der Waals surface area contributed by atoms with Crippen molar-refractivity contribution < 1.29 is 19.4 Å². The lowest BCUT2D eigenvalue weighted by Crippen LogP contribution is -2.43. The standard InChI is InChI=1S/C22H21N3O4.ClH/c1-13-14(11-23-25-13)10-20(21(26)27)24-22(28)29-12-19-17-8-4-2-6-15(17)16-7-3-5-9-18(16)19;/h2-9,11,19-20H,10,12H2,1H3,(H,23,25)(H,24,28)(H,26,27);1H. The minimum atomic E-state index is -1.13. The van der Waals surface area contributed by atoms with Gasteiger partial charge in [0, 0.05) is 18.0 Å². The fourth-order valence-corrected chi connectivity index (χ4v) is 3.78. The van der Waals surface area contributed by atoms with Gasteiger partial charge >= 0.3 is 12.1 Å². The van der Waals surface area contributed by atoms with Gasteiger partial charge in [0.2, 0.25) is 0 Å². The Bertz CT molecular complexity index is 1020. The number of ether oxygens (including phenoxy) is 1. The highest BCUT2D eigenvalue weighted by molar-refractivity contribution is 5.85. The van der Waals surface area contributed by atoms with E-state index in [-0.39, 0.29) is 31.4 Å². The predicted molar refractivity (Wildman–Crippen MR) is 114 cm³/mol. The quantitative estimate of drug-likeness (QED) is 0.556. The van der Waals surface area contributed by atoms with Crippen LogP contribution in [-0.4, -0.2) is 40.0 Å². The number of aromatic amines is 1. The molecule has 7 nitrogen and oxygen atoms in total. The molecule has 1 aliphatic rings. The summed E-state index contributed by atoms with van der Waals surface area (Å²) in [5.74, 6) is -1.20. The van der Waals surface area contributed by atoms with Crippen LogP contribution in [0.1, 0.15) is 28.3 Å². The molecule has 1 unspecified atom stereocenters. The molecule has 3 N–H and O–H groups in total. The van der Waals surface area contributed by atoms with Gasteiger partial charge in [0.15, 0.2) is 0 Å². The summed E-state index contributed by atoms with van der Waals surface area (Å²) in [7, 11) is 0. The van der Waals surface area contributed by atoms with Crippen molar-refractivity contribution in [1.82, 2.24) is 15.5 Å². The first-order valence-electron chi connectivity index (χ1n) is 9.37. The molecule has 1 aromatic heterocycles. The van der Waals surface area contributed by atoms with Crippen LogP contribution in [0.15, 0.2) is 54.7 Å². The number of carboxylic acids is 1. The van der Waals surface area contributed by atoms with Crippen molar-refractivity contribution >= 4 is 24.5 Å². The van der Waals surface area contributed by atoms with E-state index in [1.165, 1.54) is 0 Å². The van der Waals surface area contributed by atoms with Gasteiger partial charge in [-0.2, -0.15) is 5.10 Å². The molecule has 3 aromatic rings. The number of alkyl carbamates (subject to hydrolysis) is 1. The van der Waals surface area contributed by atoms with Gasteiger partial charge in [0.05, 0.1) is 6.20 Å². The van der Waals surface area contributed by atoms with Gasteiger partial charge in [-0.3, -0.25) is 5.10 Å². The average molecular weight is 428 g/mol. The number of H-pyrrole nitrogens is 1. The first-order chi connectivity index (χ1) is 14.0. The third-order valence-electron chi connectivity index (χ3n) is 5.29. The summed E-state index contributed by atoms with van der Waals surface area (Å²) in [5.41, 5.74) is 5.98. The molecule has 1 aliphatic carbocycles. The molecule has 0 fully saturated rings. The van der Waals surface area contributed by atoms with Crippen molar-refractivity contribution in [3.05, 3.63) is 77.1 Å². The third-order valence-corrected chi connectivity index (χ3v) is 5.29. The molecule has 0 radical (unpaired) electrons. The molecule has 30 heavy (non-hydrogen) atoms. The Morgan fingerprint density at radius 3 is 2.27 bits per heavy atom. The number of rotatable bonds is 6. The Kier molecular flexibility index (Phi) is 6.42. The maximum absolute atomic E-state index is 12.3. The molecule has 1 amide bonds. The number of fused-ring (bicyclic) bond motifs is 3. The number of hydrogen-bond acceptors (Lipinski definition) is 4. The molecule has 1 heterocycles. The highest BCUT2D eigenvalue weighted by Gasteiger charge is 2.30. The van der Waals surface area contributed by atoms with Gasteiger partial charge in [-0.1, -0.05) is 48.5 Å². The predicted octanol–water partition coefficient (Wildman–Crippen LogP) is 3.67. The maximum atomic E-state index is 12.3. The SMILES string of the molecule is Cc1[nH]ncc1CC(NC(=O)OCC1c2ccccc2-c2ccccc21)C(=O)O.Cl. The normalized spacial score (nSPS) is 13.0. The van der Waals surface area contributed by atoms with Crippen LogP contribution >= 0.6 is 12.4 Å². The Labute approximate surface area is 179 Å². The molecule has 0 bridgehead atoms. The van der Waals surface area contributed by atoms with Crippen LogP contribution in [0.25, 0.3) is 11.1 Å². The molecular formula is C22H22ClN3O4. The van der Waals surface area contributed by atoms with Gasteiger partial charge in [-0.25, -0.2) is 9.59 Å². The lowest BCUT2D eigenvalue weighted by Gasteiger charge is -2.17. The molecule has 0 aliphatic heterocycles. The number of amides is 1. The van der Waals surface area contributed by atoms with Crippen molar-refractivity contribution in [3.63, 3.8) is 0 Å². The zero-order valence-corrected chi connectivity index (χ0v) is 17.1. The van der Waals surface area contributed by atoms with Crippen molar-refractivity contribution in [2.45, 2.75) is 25.3 Å². The molecular weight excluding hydrogens is 406 g/mol. The minimum absolute atomic E-state index is 0. The first kappa shape index (κ1) is 21.4. The topological polar surface area (TPSA) is 104 Å². The summed E-state index contributed by atoms with van der Waals surface area (Å²) in [6.45, 7) is 1.94. The van der Waals surface area contributed by atoms with E-state index in [1.54, 1.807) is 13.1 Å². The summed E-state index contributed by atoms with van der Waals surface area (Å²) in [6.07, 6.45) is 0.937. The van der Waals surface area contributed by atoms with Gasteiger partial charge < -0.3 is 15.2 Å². The summed E-state index contributed by atoms with van der Waals surface area (Å²) >= 11 is 0. The van der Waals surface area contributed by atoms with Crippen molar-refractivity contribution in [3.8, 4) is 11.1 Å². The Morgan fingerprint density at radius 2 is 1.73 bits per heavy atom. The summed E-state index contributed by atoms with van der Waals surface area (Å²) in [6, 6.07) is 15.0. The van der Waals surface area contributed by atoms with Crippen LogP contribution < -0.4 is 5.32 Å². The summed E-state index contributed by atoms with van der Waals surface area (Å²) < 4.78 is 5.43. The highest BCUT2D eigenvalue weighted by atomic mass is 35.5. The maximum Gasteiger partial charge on any atom is 0.407 e. The fourth-order valence-electron chi connectivity index (χ4n) is 3.78. The lowest BCUT2D eigenvalue weighted by atomic mass is 9.98. The van der Waals surface area contributed by atoms with Crippen LogP contribution in [0.4, 0.5) is 4.79 Å². The Hall–Kier alpha value is -3.32. The average Bonchev–Trinajstić information content (AvgIpc) is 3.27. The molecule has 0 spiro atoms. The Morgan fingerprint density at radius 1 is 1.13 bits per heavy atom. The van der Waals surface area contributed by atoms with Crippen molar-refractivity contribution in [2.75, 3.05) is 6.61 Å². The molecule has 1 atom stereocenters. The number of carbonyl (C=O) groups is 2. The minimum Gasteiger partial charge on any atom is -0.480 e. The fraction of sp³-hybridized carbons (Fsp3) is 0.227. The third kappa shape index (κ3) is 4.16. The zero-order chi connectivity index (χ0) is 20.4. The van der Waals surface area contributed by atoms with Gasteiger partial charge in [0.1, 0.15) is 12.6 Å². The second-order valence-corrected chi connectivity index (χ2v) is 7.09. The number of halogens is 1. The van der Waals surface area contributed by atoms with E-state index in [0.29, 0.717) is 0 Å². The number of aliphatic carboxylic acids is 1. The molecule has 0 saturated heterocycles. The number of nitrogens with zero attached hydrogens (tertiary/aromatic N) is 1. The van der Waals surface area contributed by atoms with E-state index in [2.05, 4.69) is 27.6 Å². The van der Waals surface area contributed by atoms with Crippen LogP contribution in [0, 0.1) is 6.92 Å². The van der Waals surface area contributed by atoms with E-state index in [0.717, 1.165) is 33.5 Å². The number of carbonyl (C=O) groups excluding carboxylic acids is 1. The van der Waals surface area contributed by atoms with E-state index >= 15 is 0 Å². The molecule has 0 saturated carbocycles. The number of aromatic nitrogens is 2. The number of aryl methyl sites for hydroxylation is 1. The van der Waals surface area contributed by atoms with Gasteiger partial charge in [0.25, 0.3) is 0 Å². The second-order valence-electron chi connectivity index (χ2n) is 7.09. The van der Waals surface area contributed by atoms with E-state index in [4.69, 9.17) is 4.74 Å². The smallest absolute Gasteiger partial charge is 0.407 e. The monoisotopic (exact) mass is 427 g/mol. The van der Waals surface area contributed by atoms with Crippen LogP contribution in [0.5, 0.6) is 0 Å². The molecule has 8 heteroatoms. The molecule has 4 rings (SSSR count). The molecule has 2 aromatic carbocycles. The zero-order valence-electron chi connectivity index (χ0n) is 16.3. The van der Waals surface area contributed by atoms with Crippen LogP contribution in [-0.2, 0) is 16.0 Å². The largest absolute Gasteiger partial charge is 0.480 e. The Balaban J connectivity index is 0.00000256. The summed E-state index contributed by atoms with van der Waals surface area (Å²) in [4.78, 5) is 23.9. The van der Waals surface area contributed by atoms with Crippen molar-refractivity contribution in [2.24, 2.45) is 0 Å². The van der Waals surface area contributed by atoms with Crippen LogP contribution in [0.2, 0.25) is 0 Å². The number of benzene rings is 2. The van der Waals surface area contributed by atoms with Gasteiger partial charge in [-0.15, -0.1) is 12.4 Å². The van der Waals surface area contributed by atoms with E-state index in [1.807, 2.05) is 36.4 Å². The van der Waals surface area contributed by atoms with Gasteiger partial charge in [-0.05, 0) is 34.7 Å². The second kappa shape index (κ2) is 9.00. The molecule has 156 valence electrons. The lowest BCUT2D eigenvalue weighted by molar-refractivity contribution is -0.139. The number of hydrogen-bond donors (Lipinski definition) is 3. The highest BCUT2D eigenvalue weighted by Crippen LogP contribution is 2.44. The first-order valence-corrected chi connectivity index (χ1v) is 9.37. The van der Waals surface area contributed by atoms with E-state index in [9.17, 15) is 14.7 Å². The van der Waals surface area contributed by atoms with Crippen molar-refractivity contribution in [1.29, 1.82) is 0 Å².